The Hall–Kier alpha value is -2.71. The van der Waals surface area contributed by atoms with E-state index in [0.717, 1.165) is 18.4 Å². The van der Waals surface area contributed by atoms with Crippen LogP contribution in [0, 0.1) is 5.82 Å². The van der Waals surface area contributed by atoms with Gasteiger partial charge in [0.25, 0.3) is 0 Å². The minimum Gasteiger partial charge on any atom is -0.454 e. The van der Waals surface area contributed by atoms with Crippen molar-refractivity contribution in [3.63, 3.8) is 0 Å². The van der Waals surface area contributed by atoms with Gasteiger partial charge < -0.3 is 14.2 Å². The number of halogens is 1. The monoisotopic (exact) mass is 414 g/mol. The molecule has 0 aliphatic carbocycles. The second-order valence-electron chi connectivity index (χ2n) is 7.09. The first-order valence-corrected chi connectivity index (χ1v) is 10.3. The summed E-state index contributed by atoms with van der Waals surface area (Å²) in [6.07, 6.45) is 2.02. The molecule has 1 aromatic heterocycles. The zero-order valence-corrected chi connectivity index (χ0v) is 16.4. The van der Waals surface area contributed by atoms with Crippen LogP contribution >= 0.6 is 11.3 Å². The van der Waals surface area contributed by atoms with Crippen molar-refractivity contribution in [1.82, 2.24) is 4.98 Å². The third kappa shape index (κ3) is 3.65. The maximum atomic E-state index is 14.1. The number of nitrogens with zero attached hydrogens (tertiary/aromatic N) is 2. The van der Waals surface area contributed by atoms with E-state index in [2.05, 4.69) is 4.98 Å². The largest absolute Gasteiger partial charge is 0.454 e. The van der Waals surface area contributed by atoms with Crippen LogP contribution in [0.15, 0.2) is 36.4 Å². The van der Waals surface area contributed by atoms with Crippen LogP contribution in [0.5, 0.6) is 11.5 Å². The first kappa shape index (κ1) is 18.3. The van der Waals surface area contributed by atoms with E-state index >= 15 is 0 Å². The van der Waals surface area contributed by atoms with E-state index < -0.39 is 0 Å². The Labute approximate surface area is 170 Å². The van der Waals surface area contributed by atoms with E-state index in [0.29, 0.717) is 40.0 Å². The summed E-state index contributed by atoms with van der Waals surface area (Å²) in [7, 11) is 0. The Kier molecular flexibility index (Phi) is 4.81. The van der Waals surface area contributed by atoms with Gasteiger partial charge in [0, 0.05) is 6.61 Å². The van der Waals surface area contributed by atoms with E-state index in [4.69, 9.17) is 14.2 Å². The van der Waals surface area contributed by atoms with E-state index in [9.17, 15) is 9.18 Å². The van der Waals surface area contributed by atoms with Gasteiger partial charge in [-0.25, -0.2) is 9.37 Å². The second kappa shape index (κ2) is 7.61. The molecule has 3 heterocycles. The highest BCUT2D eigenvalue weighted by Crippen LogP contribution is 2.34. The highest BCUT2D eigenvalue weighted by Gasteiger charge is 2.27. The molecule has 150 valence electrons. The second-order valence-corrected chi connectivity index (χ2v) is 8.10. The molecule has 2 aliphatic heterocycles. The number of amides is 1. The molecule has 0 radical (unpaired) electrons. The van der Waals surface area contributed by atoms with Crippen molar-refractivity contribution in [2.24, 2.45) is 0 Å². The molecule has 3 aromatic rings. The Morgan fingerprint density at radius 2 is 2.14 bits per heavy atom. The van der Waals surface area contributed by atoms with Gasteiger partial charge in [0.15, 0.2) is 16.6 Å². The molecule has 0 N–H and O–H groups in total. The normalized spacial score (nSPS) is 17.8. The number of benzene rings is 2. The lowest BCUT2D eigenvalue weighted by atomic mass is 10.1. The first-order valence-electron chi connectivity index (χ1n) is 9.53. The molecule has 5 rings (SSSR count). The lowest BCUT2D eigenvalue weighted by molar-refractivity contribution is -0.118. The predicted molar refractivity (Wildman–Crippen MR) is 107 cm³/mol. The van der Waals surface area contributed by atoms with Crippen molar-refractivity contribution < 1.29 is 23.4 Å². The van der Waals surface area contributed by atoms with E-state index in [1.165, 1.54) is 17.4 Å². The number of carbonyl (C=O) groups excluding carboxylic acids is 1. The average Bonchev–Trinajstić information content (AvgIpc) is 3.46. The number of hydrogen-bond donors (Lipinski definition) is 0. The first-order chi connectivity index (χ1) is 14.2. The van der Waals surface area contributed by atoms with Crippen LogP contribution in [0.2, 0.25) is 0 Å². The summed E-state index contributed by atoms with van der Waals surface area (Å²) < 4.78 is 31.3. The molecule has 2 aromatic carbocycles. The van der Waals surface area contributed by atoms with Gasteiger partial charge in [0.05, 0.1) is 23.8 Å². The molecule has 1 atom stereocenters. The van der Waals surface area contributed by atoms with Crippen LogP contribution < -0.4 is 14.4 Å². The number of rotatable bonds is 5. The molecule has 29 heavy (non-hydrogen) atoms. The summed E-state index contributed by atoms with van der Waals surface area (Å²) in [6.45, 7) is 1.29. The van der Waals surface area contributed by atoms with Crippen LogP contribution in [-0.2, 0) is 16.0 Å². The van der Waals surface area contributed by atoms with E-state index in [1.54, 1.807) is 11.0 Å². The lowest BCUT2D eigenvalue weighted by Crippen LogP contribution is -2.38. The molecule has 0 bridgehead atoms. The van der Waals surface area contributed by atoms with Crippen molar-refractivity contribution in [3.8, 4) is 11.5 Å². The Balaban J connectivity index is 1.44. The van der Waals surface area contributed by atoms with Gasteiger partial charge >= 0.3 is 0 Å². The quantitative estimate of drug-likeness (QED) is 0.633. The molecule has 1 saturated heterocycles. The number of carbonyl (C=O) groups is 1. The van der Waals surface area contributed by atoms with Crippen molar-refractivity contribution in [1.29, 1.82) is 0 Å². The maximum absolute atomic E-state index is 14.1. The lowest BCUT2D eigenvalue weighted by Gasteiger charge is -2.23. The van der Waals surface area contributed by atoms with Gasteiger partial charge in [-0.3, -0.25) is 9.69 Å². The molecule has 8 heteroatoms. The summed E-state index contributed by atoms with van der Waals surface area (Å²) in [5.41, 5.74) is 1.12. The number of hydrogen-bond acceptors (Lipinski definition) is 6. The number of aromatic nitrogens is 1. The third-order valence-corrected chi connectivity index (χ3v) is 6.14. The number of ether oxygens (including phenoxy) is 3. The van der Waals surface area contributed by atoms with Gasteiger partial charge in [0.2, 0.25) is 12.7 Å². The third-order valence-electron chi connectivity index (χ3n) is 5.09. The minimum atomic E-state index is -0.384. The fourth-order valence-electron chi connectivity index (χ4n) is 3.62. The van der Waals surface area contributed by atoms with Crippen molar-refractivity contribution >= 4 is 32.6 Å². The average molecular weight is 414 g/mol. The van der Waals surface area contributed by atoms with Crippen molar-refractivity contribution in [2.45, 2.75) is 25.4 Å². The molecule has 0 saturated carbocycles. The zero-order chi connectivity index (χ0) is 19.8. The van der Waals surface area contributed by atoms with Gasteiger partial charge in [0.1, 0.15) is 11.3 Å². The van der Waals surface area contributed by atoms with E-state index in [-0.39, 0.29) is 31.0 Å². The van der Waals surface area contributed by atoms with Gasteiger partial charge in [-0.05, 0) is 42.7 Å². The number of fused-ring (bicyclic) bond motifs is 2. The molecular weight excluding hydrogens is 395 g/mol. The van der Waals surface area contributed by atoms with Crippen molar-refractivity contribution in [2.75, 3.05) is 24.8 Å². The van der Waals surface area contributed by atoms with Crippen LogP contribution in [0.4, 0.5) is 9.52 Å². The molecule has 1 unspecified atom stereocenters. The highest BCUT2D eigenvalue weighted by atomic mass is 32.1. The summed E-state index contributed by atoms with van der Waals surface area (Å²) in [5.74, 6) is 0.825. The van der Waals surface area contributed by atoms with Crippen LogP contribution in [0.3, 0.4) is 0 Å². The summed E-state index contributed by atoms with van der Waals surface area (Å²) in [4.78, 5) is 19.3. The fourth-order valence-corrected chi connectivity index (χ4v) is 4.62. The zero-order valence-electron chi connectivity index (χ0n) is 15.6. The van der Waals surface area contributed by atoms with Crippen LogP contribution in [0.25, 0.3) is 10.2 Å². The molecule has 1 fully saturated rings. The van der Waals surface area contributed by atoms with Gasteiger partial charge in [-0.2, -0.15) is 0 Å². The fraction of sp³-hybridized carbons (Fsp3) is 0.333. The number of para-hydroxylation sites is 1. The molecule has 2 aliphatic rings. The summed E-state index contributed by atoms with van der Waals surface area (Å²) in [5, 5.41) is 0.492. The summed E-state index contributed by atoms with van der Waals surface area (Å²) >= 11 is 1.32. The van der Waals surface area contributed by atoms with Gasteiger partial charge in [-0.1, -0.05) is 23.5 Å². The smallest absolute Gasteiger partial charge is 0.233 e. The molecule has 6 nitrogen and oxygen atoms in total. The standard InChI is InChI=1S/C21H19FN2O4S/c22-15-4-1-5-18-20(15)23-21(29-18)24(11-14-3-2-8-26-14)19(25)10-13-6-7-16-17(9-13)28-12-27-16/h1,4-7,9,14H,2-3,8,10-12H2. The Bertz CT molecular complexity index is 1060. The van der Waals surface area contributed by atoms with Crippen LogP contribution in [-0.4, -0.2) is 36.9 Å². The number of anilines is 1. The van der Waals surface area contributed by atoms with E-state index in [1.807, 2.05) is 24.3 Å². The molecule has 1 amide bonds. The number of thiazole rings is 1. The summed E-state index contributed by atoms with van der Waals surface area (Å²) in [6, 6.07) is 10.3. The van der Waals surface area contributed by atoms with Crippen molar-refractivity contribution in [3.05, 3.63) is 47.8 Å². The minimum absolute atomic E-state index is 0.0347. The molecular formula is C21H19FN2O4S. The van der Waals surface area contributed by atoms with Crippen LogP contribution in [0.1, 0.15) is 18.4 Å². The van der Waals surface area contributed by atoms with Gasteiger partial charge in [-0.15, -0.1) is 0 Å². The molecule has 0 spiro atoms. The predicted octanol–water partition coefficient (Wildman–Crippen LogP) is 3.92. The Morgan fingerprint density at radius 3 is 2.97 bits per heavy atom. The topological polar surface area (TPSA) is 60.9 Å². The SMILES string of the molecule is O=C(Cc1ccc2c(c1)OCO2)N(CC1CCCO1)c1nc2c(F)cccc2s1. The highest BCUT2D eigenvalue weighted by molar-refractivity contribution is 7.22. The maximum Gasteiger partial charge on any atom is 0.233 e. The Morgan fingerprint density at radius 1 is 1.24 bits per heavy atom.